The quantitative estimate of drug-likeness (QED) is 0.558. The summed E-state index contributed by atoms with van der Waals surface area (Å²) in [5, 5.41) is 4.61. The Morgan fingerprint density at radius 2 is 2.09 bits per heavy atom. The number of ether oxygens (including phenoxy) is 2. The Kier molecular flexibility index (Phi) is 5.12. The Balaban J connectivity index is 1.16. The normalized spacial score (nSPS) is 18.6. The van der Waals surface area contributed by atoms with Crippen LogP contribution in [0.1, 0.15) is 42.2 Å². The van der Waals surface area contributed by atoms with Gasteiger partial charge in [-0.15, -0.1) is 5.10 Å². The number of nitrogens with two attached hydrogens (primary N) is 1. The van der Waals surface area contributed by atoms with Crippen molar-refractivity contribution >= 4 is 29.2 Å². The van der Waals surface area contributed by atoms with Crippen LogP contribution in [0.25, 0.3) is 17.5 Å². The number of hydrogen-bond donors (Lipinski definition) is 1. The van der Waals surface area contributed by atoms with Crippen molar-refractivity contribution in [2.45, 2.75) is 39.0 Å². The lowest BCUT2D eigenvalue weighted by Gasteiger charge is -2.38. The van der Waals surface area contributed by atoms with Gasteiger partial charge < -0.3 is 20.1 Å². The summed E-state index contributed by atoms with van der Waals surface area (Å²) in [4.78, 5) is 18.9. The molecule has 0 aromatic carbocycles. The molecule has 10 nitrogen and oxygen atoms in total. The van der Waals surface area contributed by atoms with Gasteiger partial charge in [0.05, 0.1) is 30.6 Å². The summed E-state index contributed by atoms with van der Waals surface area (Å²) >= 11 is 0. The SMILES string of the molecule is COC1=C=C=Cc2c1nc(N)n1nc(CCN3Cc4ccc(N5CCOC(C)(C)C5)nc4C3)nc21. The third-order valence-electron chi connectivity index (χ3n) is 6.63. The fourth-order valence-electron chi connectivity index (χ4n) is 4.92. The zero-order chi connectivity index (χ0) is 24.2. The highest BCUT2D eigenvalue weighted by molar-refractivity contribution is 5.79. The number of nitrogen functional groups attached to an aromatic ring is 1. The van der Waals surface area contributed by atoms with E-state index in [1.165, 1.54) is 5.56 Å². The van der Waals surface area contributed by atoms with Crippen LogP contribution in [0, 0.1) is 0 Å². The summed E-state index contributed by atoms with van der Waals surface area (Å²) < 4.78 is 12.8. The molecule has 3 aromatic rings. The Bertz CT molecular complexity index is 1430. The van der Waals surface area contributed by atoms with E-state index in [1.54, 1.807) is 17.7 Å². The lowest BCUT2D eigenvalue weighted by Crippen LogP contribution is -2.48. The Morgan fingerprint density at radius 1 is 1.20 bits per heavy atom. The topological polar surface area (TPSA) is 107 Å². The molecule has 0 atom stereocenters. The van der Waals surface area contributed by atoms with Crippen molar-refractivity contribution in [3.8, 4) is 0 Å². The second-order valence-corrected chi connectivity index (χ2v) is 9.71. The number of nitrogens with zero attached hydrogens (tertiary/aromatic N) is 7. The molecule has 0 spiro atoms. The summed E-state index contributed by atoms with van der Waals surface area (Å²) in [7, 11) is 1.57. The van der Waals surface area contributed by atoms with Crippen LogP contribution in [0.3, 0.4) is 0 Å². The van der Waals surface area contributed by atoms with E-state index in [9.17, 15) is 0 Å². The number of anilines is 2. The molecule has 0 saturated carbocycles. The molecular formula is C25H28N8O2. The van der Waals surface area contributed by atoms with Gasteiger partial charge in [-0.05, 0) is 31.2 Å². The monoisotopic (exact) mass is 472 g/mol. The first-order valence-electron chi connectivity index (χ1n) is 11.8. The lowest BCUT2D eigenvalue weighted by molar-refractivity contribution is -0.0279. The van der Waals surface area contributed by atoms with Gasteiger partial charge in [-0.2, -0.15) is 4.52 Å². The predicted molar refractivity (Wildman–Crippen MR) is 131 cm³/mol. The number of hydrogen-bond acceptors (Lipinski definition) is 9. The molecule has 3 aromatic heterocycles. The highest BCUT2D eigenvalue weighted by Gasteiger charge is 2.29. The molecule has 10 heteroatoms. The van der Waals surface area contributed by atoms with E-state index in [0.29, 0.717) is 23.5 Å². The molecule has 2 aliphatic heterocycles. The van der Waals surface area contributed by atoms with Crippen LogP contribution in [-0.4, -0.2) is 68.4 Å². The van der Waals surface area contributed by atoms with Crippen LogP contribution in [0.4, 0.5) is 11.8 Å². The van der Waals surface area contributed by atoms with Gasteiger partial charge in [0.1, 0.15) is 11.5 Å². The van der Waals surface area contributed by atoms with Crippen molar-refractivity contribution in [3.05, 3.63) is 51.9 Å². The van der Waals surface area contributed by atoms with Gasteiger partial charge in [-0.3, -0.25) is 4.90 Å². The van der Waals surface area contributed by atoms with Crippen LogP contribution in [0.2, 0.25) is 0 Å². The highest BCUT2D eigenvalue weighted by atomic mass is 16.5. The summed E-state index contributed by atoms with van der Waals surface area (Å²) in [5.74, 6) is 2.51. The molecule has 180 valence electrons. The van der Waals surface area contributed by atoms with E-state index >= 15 is 0 Å². The number of methoxy groups -OCH3 is 1. The first-order chi connectivity index (χ1) is 16.9. The summed E-state index contributed by atoms with van der Waals surface area (Å²) in [6.07, 6.45) is 2.48. The van der Waals surface area contributed by atoms with Crippen LogP contribution in [0.5, 0.6) is 0 Å². The molecule has 1 fully saturated rings. The van der Waals surface area contributed by atoms with Crippen LogP contribution in [-0.2, 0) is 29.0 Å². The van der Waals surface area contributed by atoms with Crippen molar-refractivity contribution in [1.29, 1.82) is 0 Å². The van der Waals surface area contributed by atoms with Gasteiger partial charge in [0.2, 0.25) is 5.95 Å². The van der Waals surface area contributed by atoms with E-state index in [2.05, 4.69) is 57.3 Å². The summed E-state index contributed by atoms with van der Waals surface area (Å²) in [6.45, 7) is 9.20. The highest BCUT2D eigenvalue weighted by Crippen LogP contribution is 2.28. The van der Waals surface area contributed by atoms with Gasteiger partial charge in [-0.25, -0.2) is 15.0 Å². The zero-order valence-electron chi connectivity index (χ0n) is 20.2. The largest absolute Gasteiger partial charge is 0.487 e. The molecule has 2 N–H and O–H groups in total. The summed E-state index contributed by atoms with van der Waals surface area (Å²) in [6, 6.07) is 4.35. The number of rotatable bonds is 5. The van der Waals surface area contributed by atoms with Crippen molar-refractivity contribution in [2.75, 3.05) is 44.0 Å². The van der Waals surface area contributed by atoms with E-state index in [1.807, 2.05) is 0 Å². The molecule has 0 unspecified atom stereocenters. The maximum atomic E-state index is 6.17. The standard InChI is InChI=1S/C25H28N8O2/c1-25(2)15-32(11-12-35-25)21-8-7-16-13-31(14-18(16)27-21)10-9-20-28-23-17-5-4-6-19(34-3)22(17)29-24(26)33(23)30-20/h5,7-8H,9-15H2,1-3H3,(H2,26,29). The van der Waals surface area contributed by atoms with Crippen LogP contribution in [0.15, 0.2) is 23.6 Å². The average molecular weight is 473 g/mol. The van der Waals surface area contributed by atoms with Gasteiger partial charge in [0, 0.05) is 45.2 Å². The van der Waals surface area contributed by atoms with Crippen molar-refractivity contribution in [1.82, 2.24) is 29.5 Å². The molecular weight excluding hydrogens is 444 g/mol. The minimum absolute atomic E-state index is 0.155. The van der Waals surface area contributed by atoms with Crippen LogP contribution < -0.4 is 10.6 Å². The van der Waals surface area contributed by atoms with E-state index in [4.69, 9.17) is 25.2 Å². The second-order valence-electron chi connectivity index (χ2n) is 9.71. The molecule has 1 saturated heterocycles. The molecule has 5 heterocycles. The summed E-state index contributed by atoms with van der Waals surface area (Å²) in [5.41, 5.74) is 16.3. The predicted octanol–water partition coefficient (Wildman–Crippen LogP) is 2.04. The molecule has 3 aliphatic rings. The van der Waals surface area contributed by atoms with Gasteiger partial charge in [-0.1, -0.05) is 11.8 Å². The maximum absolute atomic E-state index is 6.17. The molecule has 6 rings (SSSR count). The Hall–Kier alpha value is -3.68. The number of aromatic nitrogens is 5. The molecule has 1 aliphatic carbocycles. The fraction of sp³-hybridized carbons (Fsp3) is 0.440. The Morgan fingerprint density at radius 3 is 2.91 bits per heavy atom. The lowest BCUT2D eigenvalue weighted by atomic mass is 10.1. The smallest absolute Gasteiger partial charge is 0.224 e. The van der Waals surface area contributed by atoms with Gasteiger partial charge in [0.15, 0.2) is 17.2 Å². The Labute approximate surface area is 203 Å². The minimum atomic E-state index is -0.155. The second kappa shape index (κ2) is 8.22. The first-order valence-corrected chi connectivity index (χ1v) is 11.8. The maximum Gasteiger partial charge on any atom is 0.224 e. The van der Waals surface area contributed by atoms with Crippen molar-refractivity contribution < 1.29 is 9.47 Å². The third kappa shape index (κ3) is 3.96. The van der Waals surface area contributed by atoms with Gasteiger partial charge in [0.25, 0.3) is 0 Å². The zero-order valence-corrected chi connectivity index (χ0v) is 20.2. The number of morpholine rings is 1. The van der Waals surface area contributed by atoms with Crippen LogP contribution >= 0.6 is 0 Å². The van der Waals surface area contributed by atoms with E-state index in [-0.39, 0.29) is 11.5 Å². The third-order valence-corrected chi connectivity index (χ3v) is 6.63. The number of pyridine rings is 1. The van der Waals surface area contributed by atoms with E-state index < -0.39 is 0 Å². The number of fused-ring (bicyclic) bond motifs is 4. The molecule has 0 amide bonds. The molecule has 35 heavy (non-hydrogen) atoms. The van der Waals surface area contributed by atoms with Crippen molar-refractivity contribution in [3.63, 3.8) is 0 Å². The van der Waals surface area contributed by atoms with Crippen molar-refractivity contribution in [2.24, 2.45) is 0 Å². The molecule has 0 bridgehead atoms. The first kappa shape index (κ1) is 21.8. The fourth-order valence-corrected chi connectivity index (χ4v) is 4.92. The van der Waals surface area contributed by atoms with Gasteiger partial charge >= 0.3 is 0 Å². The minimum Gasteiger partial charge on any atom is -0.487 e. The van der Waals surface area contributed by atoms with E-state index in [0.717, 1.165) is 62.2 Å². The molecule has 0 radical (unpaired) electrons. The average Bonchev–Trinajstić information content (AvgIpc) is 3.46.